The Kier molecular flexibility index (Phi) is 3.93. The standard InChI is InChI=1S/C18H23N3/c1-3-17(19)16-8-9-18(20-13(16)2)21-11-10-14-6-4-5-7-15(14)12-21/h4-9,17H,3,10-12,19H2,1-2H3. The Morgan fingerprint density at radius 1 is 1.19 bits per heavy atom. The van der Waals surface area contributed by atoms with E-state index in [0.717, 1.165) is 37.4 Å². The zero-order valence-electron chi connectivity index (χ0n) is 12.8. The van der Waals surface area contributed by atoms with Crippen LogP contribution in [0.25, 0.3) is 0 Å². The Morgan fingerprint density at radius 2 is 1.95 bits per heavy atom. The van der Waals surface area contributed by atoms with Gasteiger partial charge in [-0.2, -0.15) is 0 Å². The molecule has 1 aliphatic heterocycles. The second-order valence-corrected chi connectivity index (χ2v) is 5.80. The van der Waals surface area contributed by atoms with Gasteiger partial charge in [0.15, 0.2) is 0 Å². The summed E-state index contributed by atoms with van der Waals surface area (Å²) < 4.78 is 0. The summed E-state index contributed by atoms with van der Waals surface area (Å²) in [5.74, 6) is 1.06. The molecule has 3 heteroatoms. The van der Waals surface area contributed by atoms with E-state index >= 15 is 0 Å². The molecule has 0 radical (unpaired) electrons. The molecular weight excluding hydrogens is 258 g/mol. The van der Waals surface area contributed by atoms with E-state index < -0.39 is 0 Å². The van der Waals surface area contributed by atoms with Gasteiger partial charge in [0.2, 0.25) is 0 Å². The highest BCUT2D eigenvalue weighted by Crippen LogP contribution is 2.25. The summed E-state index contributed by atoms with van der Waals surface area (Å²) in [5.41, 5.74) is 11.2. The third-order valence-corrected chi connectivity index (χ3v) is 4.41. The van der Waals surface area contributed by atoms with Gasteiger partial charge < -0.3 is 10.6 Å². The normalized spacial score (nSPS) is 15.7. The van der Waals surface area contributed by atoms with Gasteiger partial charge in [0.1, 0.15) is 5.82 Å². The zero-order chi connectivity index (χ0) is 14.8. The Morgan fingerprint density at radius 3 is 2.67 bits per heavy atom. The Bertz CT molecular complexity index is 636. The lowest BCUT2D eigenvalue weighted by Gasteiger charge is -2.30. The number of hydrogen-bond donors (Lipinski definition) is 1. The quantitative estimate of drug-likeness (QED) is 0.938. The highest BCUT2D eigenvalue weighted by atomic mass is 15.2. The van der Waals surface area contributed by atoms with Crippen LogP contribution in [0.15, 0.2) is 36.4 Å². The van der Waals surface area contributed by atoms with E-state index in [0.29, 0.717) is 0 Å². The van der Waals surface area contributed by atoms with Crippen molar-refractivity contribution in [1.29, 1.82) is 0 Å². The molecule has 1 aromatic carbocycles. The molecule has 2 aromatic rings. The Balaban J connectivity index is 1.84. The van der Waals surface area contributed by atoms with Gasteiger partial charge >= 0.3 is 0 Å². The first-order chi connectivity index (χ1) is 10.2. The minimum Gasteiger partial charge on any atom is -0.352 e. The minimum absolute atomic E-state index is 0.0913. The largest absolute Gasteiger partial charge is 0.352 e. The van der Waals surface area contributed by atoms with E-state index in [4.69, 9.17) is 10.7 Å². The number of rotatable bonds is 3. The van der Waals surface area contributed by atoms with Gasteiger partial charge in [-0.1, -0.05) is 37.3 Å². The average molecular weight is 281 g/mol. The van der Waals surface area contributed by atoms with Gasteiger partial charge in [-0.3, -0.25) is 0 Å². The molecule has 1 unspecified atom stereocenters. The van der Waals surface area contributed by atoms with Gasteiger partial charge in [0, 0.05) is 24.8 Å². The van der Waals surface area contributed by atoms with Crippen LogP contribution in [0.3, 0.4) is 0 Å². The van der Waals surface area contributed by atoms with Crippen LogP contribution in [-0.2, 0) is 13.0 Å². The van der Waals surface area contributed by atoms with Crippen LogP contribution in [0.5, 0.6) is 0 Å². The third-order valence-electron chi connectivity index (χ3n) is 4.41. The molecule has 1 aliphatic rings. The molecule has 3 rings (SSSR count). The highest BCUT2D eigenvalue weighted by molar-refractivity contribution is 5.46. The molecule has 0 aliphatic carbocycles. The number of pyridine rings is 1. The van der Waals surface area contributed by atoms with E-state index in [-0.39, 0.29) is 6.04 Å². The van der Waals surface area contributed by atoms with Crippen molar-refractivity contribution in [3.8, 4) is 0 Å². The first-order valence-corrected chi connectivity index (χ1v) is 7.74. The number of nitrogens with two attached hydrogens (primary N) is 1. The fourth-order valence-corrected chi connectivity index (χ4v) is 3.04. The smallest absolute Gasteiger partial charge is 0.129 e. The number of anilines is 1. The SMILES string of the molecule is CCC(N)c1ccc(N2CCc3ccccc3C2)nc1C. The van der Waals surface area contributed by atoms with Crippen LogP contribution in [0.2, 0.25) is 0 Å². The number of benzene rings is 1. The maximum absolute atomic E-state index is 6.13. The monoisotopic (exact) mass is 281 g/mol. The predicted octanol–water partition coefficient (Wildman–Crippen LogP) is 3.36. The molecule has 110 valence electrons. The van der Waals surface area contributed by atoms with Gasteiger partial charge in [-0.15, -0.1) is 0 Å². The Labute approximate surface area is 126 Å². The number of aryl methyl sites for hydroxylation is 1. The molecule has 0 fully saturated rings. The summed E-state index contributed by atoms with van der Waals surface area (Å²) in [7, 11) is 0. The molecule has 2 heterocycles. The average Bonchev–Trinajstić information content (AvgIpc) is 2.53. The lowest BCUT2D eigenvalue weighted by molar-refractivity contribution is 0.682. The molecule has 1 aromatic heterocycles. The molecule has 1 atom stereocenters. The molecule has 0 bridgehead atoms. The number of aromatic nitrogens is 1. The van der Waals surface area contributed by atoms with E-state index in [9.17, 15) is 0 Å². The van der Waals surface area contributed by atoms with Crippen LogP contribution in [-0.4, -0.2) is 11.5 Å². The maximum Gasteiger partial charge on any atom is 0.129 e. The predicted molar refractivity (Wildman–Crippen MR) is 87.4 cm³/mol. The van der Waals surface area contributed by atoms with Crippen molar-refractivity contribution < 1.29 is 0 Å². The van der Waals surface area contributed by atoms with Crippen molar-refractivity contribution in [3.05, 3.63) is 58.8 Å². The molecule has 0 amide bonds. The minimum atomic E-state index is 0.0913. The van der Waals surface area contributed by atoms with Crippen LogP contribution < -0.4 is 10.6 Å². The molecule has 21 heavy (non-hydrogen) atoms. The number of fused-ring (bicyclic) bond motifs is 1. The molecule has 3 nitrogen and oxygen atoms in total. The zero-order valence-corrected chi connectivity index (χ0v) is 12.8. The number of nitrogens with zero attached hydrogens (tertiary/aromatic N) is 2. The molecule has 0 spiro atoms. The van der Waals surface area contributed by atoms with Crippen molar-refractivity contribution in [3.63, 3.8) is 0 Å². The second-order valence-electron chi connectivity index (χ2n) is 5.80. The summed E-state index contributed by atoms with van der Waals surface area (Å²) in [6.07, 6.45) is 2.03. The topological polar surface area (TPSA) is 42.1 Å². The maximum atomic E-state index is 6.13. The first kappa shape index (κ1) is 14.1. The van der Waals surface area contributed by atoms with Crippen molar-refractivity contribution >= 4 is 5.82 Å². The van der Waals surface area contributed by atoms with Gasteiger partial charge in [-0.05, 0) is 42.5 Å². The summed E-state index contributed by atoms with van der Waals surface area (Å²) >= 11 is 0. The summed E-state index contributed by atoms with van der Waals surface area (Å²) in [4.78, 5) is 7.14. The van der Waals surface area contributed by atoms with Gasteiger partial charge in [0.05, 0.1) is 0 Å². The lowest BCUT2D eigenvalue weighted by Crippen LogP contribution is -2.31. The second kappa shape index (κ2) is 5.86. The van der Waals surface area contributed by atoms with Crippen molar-refractivity contribution in [2.45, 2.75) is 39.3 Å². The fraction of sp³-hybridized carbons (Fsp3) is 0.389. The summed E-state index contributed by atoms with van der Waals surface area (Å²) in [5, 5.41) is 0. The molecule has 0 saturated carbocycles. The van der Waals surface area contributed by atoms with Crippen LogP contribution >= 0.6 is 0 Å². The van der Waals surface area contributed by atoms with E-state index in [1.54, 1.807) is 0 Å². The van der Waals surface area contributed by atoms with Crippen LogP contribution in [0.4, 0.5) is 5.82 Å². The van der Waals surface area contributed by atoms with Crippen molar-refractivity contribution in [2.24, 2.45) is 5.73 Å². The van der Waals surface area contributed by atoms with E-state index in [1.165, 1.54) is 16.7 Å². The number of hydrogen-bond acceptors (Lipinski definition) is 3. The van der Waals surface area contributed by atoms with E-state index in [2.05, 4.69) is 55.1 Å². The van der Waals surface area contributed by atoms with Crippen LogP contribution in [0.1, 0.15) is 41.8 Å². The fourth-order valence-electron chi connectivity index (χ4n) is 3.04. The lowest BCUT2D eigenvalue weighted by atomic mass is 9.99. The van der Waals surface area contributed by atoms with Crippen molar-refractivity contribution in [1.82, 2.24) is 4.98 Å². The van der Waals surface area contributed by atoms with E-state index in [1.807, 2.05) is 0 Å². The van der Waals surface area contributed by atoms with Gasteiger partial charge in [-0.25, -0.2) is 4.98 Å². The molecule has 0 saturated heterocycles. The third kappa shape index (κ3) is 2.79. The summed E-state index contributed by atoms with van der Waals surface area (Å²) in [6.45, 7) is 6.15. The van der Waals surface area contributed by atoms with Crippen molar-refractivity contribution in [2.75, 3.05) is 11.4 Å². The van der Waals surface area contributed by atoms with Crippen LogP contribution in [0, 0.1) is 6.92 Å². The Hall–Kier alpha value is -1.87. The molecule has 2 N–H and O–H groups in total. The summed E-state index contributed by atoms with van der Waals surface area (Å²) in [6, 6.07) is 13.0. The highest BCUT2D eigenvalue weighted by Gasteiger charge is 2.18. The molecular formula is C18H23N3. The van der Waals surface area contributed by atoms with Gasteiger partial charge in [0.25, 0.3) is 0 Å². The first-order valence-electron chi connectivity index (χ1n) is 7.74.